The van der Waals surface area contributed by atoms with Crippen LogP contribution in [0, 0.1) is 0 Å². The number of nitrogens with zero attached hydrogens (tertiary/aromatic N) is 3. The molecule has 0 amide bonds. The zero-order valence-electron chi connectivity index (χ0n) is 9.07. The minimum absolute atomic E-state index is 0.438. The largest absolute Gasteiger partial charge is 0.382 e. The summed E-state index contributed by atoms with van der Waals surface area (Å²) in [6.45, 7) is 7.44. The van der Waals surface area contributed by atoms with Crippen molar-refractivity contribution in [1.29, 1.82) is 0 Å². The second kappa shape index (κ2) is 4.79. The van der Waals surface area contributed by atoms with Gasteiger partial charge in [-0.1, -0.05) is 6.92 Å². The average molecular weight is 194 g/mol. The molecule has 0 aromatic carbocycles. The summed E-state index contributed by atoms with van der Waals surface area (Å²) < 4.78 is 0. The van der Waals surface area contributed by atoms with Gasteiger partial charge in [-0.2, -0.15) is 0 Å². The van der Waals surface area contributed by atoms with Crippen LogP contribution in [0.4, 0.5) is 11.6 Å². The molecule has 4 heteroatoms. The molecule has 0 fully saturated rings. The van der Waals surface area contributed by atoms with Gasteiger partial charge in [0.15, 0.2) is 0 Å². The van der Waals surface area contributed by atoms with E-state index < -0.39 is 0 Å². The fourth-order valence-corrected chi connectivity index (χ4v) is 1.36. The molecule has 0 aliphatic carbocycles. The average Bonchev–Trinajstić information content (AvgIpc) is 2.15. The third-order valence-corrected chi connectivity index (χ3v) is 2.04. The molecule has 0 radical (unpaired) electrons. The Morgan fingerprint density at radius 3 is 2.50 bits per heavy atom. The lowest BCUT2D eigenvalue weighted by molar-refractivity contribution is 0.660. The molecule has 4 nitrogen and oxygen atoms in total. The number of hydrogen-bond acceptors (Lipinski definition) is 4. The lowest BCUT2D eigenvalue weighted by Gasteiger charge is -2.26. The van der Waals surface area contributed by atoms with Gasteiger partial charge >= 0.3 is 0 Å². The van der Waals surface area contributed by atoms with E-state index in [2.05, 4.69) is 35.6 Å². The zero-order chi connectivity index (χ0) is 10.6. The lowest BCUT2D eigenvalue weighted by atomic mass is 10.3. The van der Waals surface area contributed by atoms with Gasteiger partial charge < -0.3 is 10.6 Å². The Morgan fingerprint density at radius 1 is 1.36 bits per heavy atom. The SMILES string of the molecule is CCCN(c1cnc(N)cn1)C(C)C. The van der Waals surface area contributed by atoms with E-state index in [0.29, 0.717) is 11.9 Å². The quantitative estimate of drug-likeness (QED) is 0.792. The van der Waals surface area contributed by atoms with Crippen LogP contribution < -0.4 is 10.6 Å². The highest BCUT2D eigenvalue weighted by Crippen LogP contribution is 2.13. The standard InChI is InChI=1S/C10H18N4/c1-4-5-14(8(2)3)10-7-12-9(11)6-13-10/h6-8H,4-5H2,1-3H3,(H2,11,12). The summed E-state index contributed by atoms with van der Waals surface area (Å²) in [4.78, 5) is 10.5. The molecule has 0 atom stereocenters. The molecular formula is C10H18N4. The van der Waals surface area contributed by atoms with Gasteiger partial charge in [0.05, 0.1) is 12.4 Å². The summed E-state index contributed by atoms with van der Waals surface area (Å²) >= 11 is 0. The second-order valence-electron chi connectivity index (χ2n) is 3.59. The maximum atomic E-state index is 5.48. The zero-order valence-corrected chi connectivity index (χ0v) is 9.07. The first kappa shape index (κ1) is 10.8. The fourth-order valence-electron chi connectivity index (χ4n) is 1.36. The molecule has 2 N–H and O–H groups in total. The Morgan fingerprint density at radius 2 is 2.07 bits per heavy atom. The van der Waals surface area contributed by atoms with Crippen molar-refractivity contribution < 1.29 is 0 Å². The highest BCUT2D eigenvalue weighted by molar-refractivity contribution is 5.39. The predicted molar refractivity (Wildman–Crippen MR) is 59.2 cm³/mol. The molecule has 78 valence electrons. The molecule has 1 rings (SSSR count). The van der Waals surface area contributed by atoms with Gasteiger partial charge in [-0.25, -0.2) is 9.97 Å². The number of hydrogen-bond donors (Lipinski definition) is 1. The Balaban J connectivity index is 2.82. The van der Waals surface area contributed by atoms with E-state index in [-0.39, 0.29) is 0 Å². The van der Waals surface area contributed by atoms with Crippen molar-refractivity contribution in [3.63, 3.8) is 0 Å². The molecule has 0 aliphatic rings. The van der Waals surface area contributed by atoms with Crippen LogP contribution in [0.1, 0.15) is 27.2 Å². The molecular weight excluding hydrogens is 176 g/mol. The molecule has 1 heterocycles. The molecule has 0 unspecified atom stereocenters. The first-order valence-corrected chi connectivity index (χ1v) is 4.99. The third kappa shape index (κ3) is 2.58. The van der Waals surface area contributed by atoms with Crippen LogP contribution in [0.3, 0.4) is 0 Å². The molecule has 1 aromatic heterocycles. The number of rotatable bonds is 4. The smallest absolute Gasteiger partial charge is 0.147 e. The Kier molecular flexibility index (Phi) is 3.68. The summed E-state index contributed by atoms with van der Waals surface area (Å²) in [7, 11) is 0. The van der Waals surface area contributed by atoms with Gasteiger partial charge in [0.2, 0.25) is 0 Å². The van der Waals surface area contributed by atoms with E-state index in [1.165, 1.54) is 0 Å². The monoisotopic (exact) mass is 194 g/mol. The Hall–Kier alpha value is -1.32. The number of nitrogen functional groups attached to an aromatic ring is 1. The maximum absolute atomic E-state index is 5.48. The third-order valence-electron chi connectivity index (χ3n) is 2.04. The van der Waals surface area contributed by atoms with Gasteiger partial charge in [-0.15, -0.1) is 0 Å². The molecule has 1 aromatic rings. The van der Waals surface area contributed by atoms with Crippen molar-refractivity contribution in [2.75, 3.05) is 17.2 Å². The van der Waals surface area contributed by atoms with E-state index >= 15 is 0 Å². The van der Waals surface area contributed by atoms with E-state index in [1.807, 2.05) is 0 Å². The second-order valence-corrected chi connectivity index (χ2v) is 3.59. The van der Waals surface area contributed by atoms with Gasteiger partial charge in [-0.3, -0.25) is 0 Å². The minimum atomic E-state index is 0.438. The summed E-state index contributed by atoms with van der Waals surface area (Å²) in [6.07, 6.45) is 4.43. The predicted octanol–water partition coefficient (Wildman–Crippen LogP) is 1.68. The van der Waals surface area contributed by atoms with Gasteiger partial charge in [-0.05, 0) is 20.3 Å². The van der Waals surface area contributed by atoms with Gasteiger partial charge in [0, 0.05) is 12.6 Å². The topological polar surface area (TPSA) is 55.0 Å². The summed E-state index contributed by atoms with van der Waals surface area (Å²) in [5, 5.41) is 0. The molecule has 14 heavy (non-hydrogen) atoms. The van der Waals surface area contributed by atoms with Gasteiger partial charge in [0.1, 0.15) is 11.6 Å². The van der Waals surface area contributed by atoms with E-state index in [1.54, 1.807) is 12.4 Å². The van der Waals surface area contributed by atoms with Gasteiger partial charge in [0.25, 0.3) is 0 Å². The highest BCUT2D eigenvalue weighted by Gasteiger charge is 2.10. The Bertz CT molecular complexity index is 268. The van der Waals surface area contributed by atoms with Crippen LogP contribution in [-0.4, -0.2) is 22.6 Å². The van der Waals surface area contributed by atoms with Crippen LogP contribution in [0.2, 0.25) is 0 Å². The number of aromatic nitrogens is 2. The fraction of sp³-hybridized carbons (Fsp3) is 0.600. The Labute approximate surface area is 85.2 Å². The minimum Gasteiger partial charge on any atom is -0.382 e. The number of anilines is 2. The molecule has 0 spiro atoms. The normalized spacial score (nSPS) is 10.6. The van der Waals surface area contributed by atoms with Crippen LogP contribution in [0.15, 0.2) is 12.4 Å². The highest BCUT2D eigenvalue weighted by atomic mass is 15.2. The van der Waals surface area contributed by atoms with E-state index in [0.717, 1.165) is 18.8 Å². The van der Waals surface area contributed by atoms with Crippen molar-refractivity contribution in [2.45, 2.75) is 33.2 Å². The molecule has 0 bridgehead atoms. The van der Waals surface area contributed by atoms with Crippen molar-refractivity contribution >= 4 is 11.6 Å². The van der Waals surface area contributed by atoms with Crippen LogP contribution in [0.25, 0.3) is 0 Å². The van der Waals surface area contributed by atoms with Crippen molar-refractivity contribution in [2.24, 2.45) is 0 Å². The first-order chi connectivity index (χ1) is 6.65. The maximum Gasteiger partial charge on any atom is 0.147 e. The molecule has 0 saturated heterocycles. The van der Waals surface area contributed by atoms with Crippen LogP contribution in [0.5, 0.6) is 0 Å². The van der Waals surface area contributed by atoms with E-state index in [9.17, 15) is 0 Å². The van der Waals surface area contributed by atoms with Crippen LogP contribution >= 0.6 is 0 Å². The number of nitrogens with two attached hydrogens (primary N) is 1. The lowest BCUT2D eigenvalue weighted by Crippen LogP contribution is -2.32. The molecule has 0 saturated carbocycles. The van der Waals surface area contributed by atoms with Crippen molar-refractivity contribution in [3.8, 4) is 0 Å². The van der Waals surface area contributed by atoms with Crippen molar-refractivity contribution in [3.05, 3.63) is 12.4 Å². The summed E-state index contributed by atoms with van der Waals surface area (Å²) in [5.74, 6) is 1.37. The molecule has 0 aliphatic heterocycles. The van der Waals surface area contributed by atoms with Crippen molar-refractivity contribution in [1.82, 2.24) is 9.97 Å². The summed E-state index contributed by atoms with van der Waals surface area (Å²) in [5.41, 5.74) is 5.48. The van der Waals surface area contributed by atoms with E-state index in [4.69, 9.17) is 5.73 Å². The summed E-state index contributed by atoms with van der Waals surface area (Å²) in [6, 6.07) is 0.438. The first-order valence-electron chi connectivity index (χ1n) is 4.99. The van der Waals surface area contributed by atoms with Crippen LogP contribution in [-0.2, 0) is 0 Å².